The summed E-state index contributed by atoms with van der Waals surface area (Å²) in [5.74, 6) is 0.676. The van der Waals surface area contributed by atoms with Gasteiger partial charge in [-0.25, -0.2) is 9.98 Å². The molecule has 0 spiro atoms. The molecule has 0 aromatic carbocycles. The largest absolute Gasteiger partial charge is 2.00 e. The first-order chi connectivity index (χ1) is 14.5. The maximum atomic E-state index is 10.9. The van der Waals surface area contributed by atoms with Crippen LogP contribution in [0.25, 0.3) is 0 Å². The van der Waals surface area contributed by atoms with Gasteiger partial charge in [0.1, 0.15) is 12.5 Å². The first kappa shape index (κ1) is 28.6. The quantitative estimate of drug-likeness (QED) is 0.263. The Bertz CT molecular complexity index is 1010. The van der Waals surface area contributed by atoms with Crippen LogP contribution in [0.2, 0.25) is 0 Å². The van der Waals surface area contributed by atoms with Crippen LogP contribution in [0.4, 0.5) is 11.6 Å². The van der Waals surface area contributed by atoms with E-state index < -0.39 is 0 Å². The number of carbonyl (C=O) groups excluding carboxylic acids is 2. The van der Waals surface area contributed by atoms with Crippen molar-refractivity contribution in [1.82, 2.24) is 10.3 Å². The molecule has 15 heteroatoms. The van der Waals surface area contributed by atoms with E-state index in [1.807, 2.05) is 0 Å². The van der Waals surface area contributed by atoms with Gasteiger partial charge in [0.15, 0.2) is 35.0 Å². The number of nitrogens with two attached hydrogens (primary N) is 2. The maximum absolute atomic E-state index is 10.9. The van der Waals surface area contributed by atoms with Crippen molar-refractivity contribution in [1.29, 1.82) is 0 Å². The van der Waals surface area contributed by atoms with E-state index in [0.29, 0.717) is 23.3 Å². The van der Waals surface area contributed by atoms with Crippen LogP contribution in [0.15, 0.2) is 78.2 Å². The van der Waals surface area contributed by atoms with Crippen molar-refractivity contribution >= 4 is 46.5 Å². The van der Waals surface area contributed by atoms with Gasteiger partial charge in [0.2, 0.25) is 11.6 Å². The molecule has 0 saturated carbocycles. The van der Waals surface area contributed by atoms with Gasteiger partial charge < -0.3 is 35.4 Å². The Morgan fingerprint density at radius 3 is 1.42 bits per heavy atom. The number of aliphatic imine (C=N–C) groups is 2. The van der Waals surface area contributed by atoms with Crippen LogP contribution in [0, 0.1) is 14.9 Å². The van der Waals surface area contributed by atoms with E-state index in [2.05, 4.69) is 50.4 Å². The molecule has 0 saturated heterocycles. The number of carbonyl (C=O) groups is 2. The zero-order valence-corrected chi connectivity index (χ0v) is 18.4. The number of hydrogen-bond donors (Lipinski definition) is 4. The number of hydrogen-bond acceptors (Lipinski definition) is 12. The summed E-state index contributed by atoms with van der Waals surface area (Å²) in [6, 6.07) is 3.18. The molecule has 33 heavy (non-hydrogen) atoms. The fourth-order valence-electron chi connectivity index (χ4n) is 1.80. The number of rotatable bonds is 4. The first-order valence-electron chi connectivity index (χ1n) is 8.12. The number of nitrogens with one attached hydrogen (secondary N) is 2. The number of aromatic nitrogens is 2. The molecule has 0 aliphatic carbocycles. The Balaban J connectivity index is 0.000000569. The normalized spacial score (nSPS) is 16.4. The molecule has 4 heterocycles. The fraction of sp³-hybridized carbons (Fsp3) is 0. The smallest absolute Gasteiger partial charge is 0.380 e. The molecule has 0 fully saturated rings. The summed E-state index contributed by atoms with van der Waals surface area (Å²) in [6.45, 7) is 0. The minimum atomic E-state index is -0.324. The Morgan fingerprint density at radius 1 is 0.727 bits per heavy atom. The molecule has 0 unspecified atom stereocenters. The third-order valence-electron chi connectivity index (χ3n) is 3.19. The second-order valence-corrected chi connectivity index (χ2v) is 5.32. The van der Waals surface area contributed by atoms with Crippen molar-refractivity contribution in [2.45, 2.75) is 0 Å². The van der Waals surface area contributed by atoms with Crippen LogP contribution < -0.4 is 22.3 Å². The van der Waals surface area contributed by atoms with Gasteiger partial charge in [-0.3, -0.25) is 20.4 Å². The van der Waals surface area contributed by atoms with Crippen LogP contribution in [0.3, 0.4) is 0 Å². The monoisotopic (exact) mass is 498 g/mol. The molecule has 2 aliphatic rings. The Morgan fingerprint density at radius 2 is 1.12 bits per heavy atom. The van der Waals surface area contributed by atoms with Crippen molar-refractivity contribution < 1.29 is 35.1 Å². The van der Waals surface area contributed by atoms with E-state index >= 15 is 0 Å². The van der Waals surface area contributed by atoms with E-state index in [0.717, 1.165) is 0 Å². The summed E-state index contributed by atoms with van der Waals surface area (Å²) in [5.41, 5.74) is 15.8. The molecule has 0 radical (unpaired) electrons. The summed E-state index contributed by atoms with van der Waals surface area (Å²) >= 11 is 0. The van der Waals surface area contributed by atoms with Crippen LogP contribution >= 0.6 is 0 Å². The summed E-state index contributed by atoms with van der Waals surface area (Å²) < 4.78 is 9.16. The average molecular weight is 499 g/mol. The van der Waals surface area contributed by atoms with Crippen molar-refractivity contribution in [3.8, 4) is 0 Å². The average Bonchev–Trinajstić information content (AvgIpc) is 3.44. The Kier molecular flexibility index (Phi) is 12.0. The Hall–Kier alpha value is -4.39. The van der Waals surface area contributed by atoms with Gasteiger partial charge in [-0.2, -0.15) is 10.2 Å². The van der Waals surface area contributed by atoms with Gasteiger partial charge in [-0.15, -0.1) is 0 Å². The molecule has 0 bridgehead atoms. The topological polar surface area (TPSA) is 212 Å². The molecule has 2 aliphatic heterocycles. The van der Waals surface area contributed by atoms with Gasteiger partial charge in [0.05, 0.1) is 0 Å². The van der Waals surface area contributed by atoms with Crippen molar-refractivity contribution in [2.75, 3.05) is 10.9 Å². The molecule has 4 rings (SSSR count). The summed E-state index contributed by atoms with van der Waals surface area (Å²) in [6.07, 6.45) is 8.30. The first-order valence-corrected chi connectivity index (χ1v) is 8.12. The molecule has 2 aromatic heterocycles. The minimum absolute atomic E-state index is 0. The van der Waals surface area contributed by atoms with Crippen LogP contribution in [0.1, 0.15) is 0 Å². The van der Waals surface area contributed by atoms with E-state index in [-0.39, 0.29) is 54.6 Å². The van der Waals surface area contributed by atoms with Crippen molar-refractivity contribution in [2.24, 2.45) is 31.7 Å². The minimum Gasteiger partial charge on any atom is -0.380 e. The number of dihydropyridines is 2. The summed E-state index contributed by atoms with van der Waals surface area (Å²) in [7, 11) is 0. The predicted octanol–water partition coefficient (Wildman–Crippen LogP) is 0.690. The third-order valence-corrected chi connectivity index (χ3v) is 3.19. The maximum Gasteiger partial charge on any atom is 2.00 e. The number of nitrogens with zero attached hydrogens (tertiary/aromatic N) is 6. The van der Waals surface area contributed by atoms with Crippen molar-refractivity contribution in [3.63, 3.8) is 0 Å². The molecular formula is C18H20N10NiO4. The number of amidine groups is 4. The van der Waals surface area contributed by atoms with Gasteiger partial charge in [0.25, 0.3) is 0 Å². The van der Waals surface area contributed by atoms with Gasteiger partial charge in [0, 0.05) is 12.1 Å². The molecule has 0 atom stereocenters. The molecule has 6 N–H and O–H groups in total. The third kappa shape index (κ3) is 8.71. The van der Waals surface area contributed by atoms with Gasteiger partial charge in [-0.05, 0) is 24.3 Å². The Labute approximate surface area is 198 Å². The second kappa shape index (κ2) is 13.8. The second-order valence-electron chi connectivity index (χ2n) is 5.32. The summed E-state index contributed by atoms with van der Waals surface area (Å²) in [5, 5.41) is 14.8. The zero-order valence-electron chi connectivity index (χ0n) is 17.4. The zero-order chi connectivity index (χ0) is 21.3. The van der Waals surface area contributed by atoms with Crippen LogP contribution in [-0.4, -0.2) is 45.2 Å². The standard InChI is InChI=1S/2C8H7N5O2.2CH3.Ni/c2*9-8-5(14)1-2-6(10-8)11-12-7-3-4-15-13-7;;;/h2*1-4H,(H,12,13)(H2,9,10,11);2*1H3;/q;;2*-1;+2. The van der Waals surface area contributed by atoms with Crippen molar-refractivity contribution in [3.05, 3.63) is 63.8 Å². The van der Waals surface area contributed by atoms with E-state index in [1.54, 1.807) is 12.1 Å². The molecular weight excluding hydrogens is 479 g/mol. The van der Waals surface area contributed by atoms with Gasteiger partial charge in [-0.1, -0.05) is 10.3 Å². The summed E-state index contributed by atoms with van der Waals surface area (Å²) in [4.78, 5) is 29.4. The number of ketones is 2. The van der Waals surface area contributed by atoms with Crippen LogP contribution in [0.5, 0.6) is 0 Å². The molecule has 176 valence electrons. The SMILES string of the molecule is NC1=NC(=NNc2ccon2)C=CC1=O.NC1=NC(=NNc2ccon2)C=CC1=O.[CH3-].[CH3-].[Ni+2]. The van der Waals surface area contributed by atoms with Gasteiger partial charge >= 0.3 is 16.5 Å². The van der Waals surface area contributed by atoms with Crippen LogP contribution in [-0.2, 0) is 26.1 Å². The number of anilines is 2. The molecule has 14 nitrogen and oxygen atoms in total. The fourth-order valence-corrected chi connectivity index (χ4v) is 1.80. The number of hydrazone groups is 2. The van der Waals surface area contributed by atoms with E-state index in [9.17, 15) is 9.59 Å². The van der Waals surface area contributed by atoms with E-state index in [4.69, 9.17) is 11.5 Å². The molecule has 2 aromatic rings. The molecule has 0 amide bonds. The predicted molar refractivity (Wildman–Crippen MR) is 119 cm³/mol. The van der Waals surface area contributed by atoms with E-state index in [1.165, 1.54) is 36.8 Å².